The Morgan fingerprint density at radius 2 is 2.20 bits per heavy atom. The smallest absolute Gasteiger partial charge is 0.153 e. The van der Waals surface area contributed by atoms with Gasteiger partial charge in [-0.3, -0.25) is 0 Å². The van der Waals surface area contributed by atoms with Crippen LogP contribution in [0.4, 0.5) is 5.69 Å². The zero-order valence-electron chi connectivity index (χ0n) is 8.69. The highest BCUT2D eigenvalue weighted by Gasteiger charge is 2.19. The highest BCUT2D eigenvalue weighted by Crippen LogP contribution is 2.21. The van der Waals surface area contributed by atoms with Gasteiger partial charge in [0.15, 0.2) is 5.15 Å². The van der Waals surface area contributed by atoms with Gasteiger partial charge in [-0.1, -0.05) is 11.6 Å². The predicted octanol–water partition coefficient (Wildman–Crippen LogP) is 1.75. The molecule has 0 aromatic carbocycles. The SMILES string of the molecule is COC1CCN(c2cnnc(Cl)c2)CC1. The molecule has 5 heteroatoms. The van der Waals surface area contributed by atoms with Crippen LogP contribution in [0.25, 0.3) is 0 Å². The van der Waals surface area contributed by atoms with E-state index in [1.165, 1.54) is 0 Å². The average molecular weight is 228 g/mol. The standard InChI is InChI=1S/C10H14ClN3O/c1-15-9-2-4-14(5-3-9)8-6-10(11)13-12-7-8/h6-7,9H,2-5H2,1H3. The van der Waals surface area contributed by atoms with E-state index in [0.717, 1.165) is 31.6 Å². The molecule has 1 aromatic heterocycles. The second-order valence-corrected chi connectivity index (χ2v) is 4.05. The molecule has 0 N–H and O–H groups in total. The second kappa shape index (κ2) is 4.77. The molecular formula is C10H14ClN3O. The first kappa shape index (κ1) is 10.6. The summed E-state index contributed by atoms with van der Waals surface area (Å²) in [7, 11) is 1.77. The van der Waals surface area contributed by atoms with Crippen LogP contribution in [-0.4, -0.2) is 36.5 Å². The van der Waals surface area contributed by atoms with Crippen molar-refractivity contribution in [2.45, 2.75) is 18.9 Å². The first-order chi connectivity index (χ1) is 7.29. The fourth-order valence-electron chi connectivity index (χ4n) is 1.85. The Balaban J connectivity index is 2.01. The van der Waals surface area contributed by atoms with Gasteiger partial charge in [-0.15, -0.1) is 5.10 Å². The van der Waals surface area contributed by atoms with Crippen LogP contribution in [0.1, 0.15) is 12.8 Å². The molecular weight excluding hydrogens is 214 g/mol. The third-order valence-corrected chi connectivity index (χ3v) is 2.94. The maximum absolute atomic E-state index is 5.80. The minimum Gasteiger partial charge on any atom is -0.381 e. The molecule has 4 nitrogen and oxygen atoms in total. The van der Waals surface area contributed by atoms with Gasteiger partial charge in [0.05, 0.1) is 18.0 Å². The van der Waals surface area contributed by atoms with Crippen LogP contribution in [0, 0.1) is 0 Å². The fraction of sp³-hybridized carbons (Fsp3) is 0.600. The Bertz CT molecular complexity index is 326. The maximum atomic E-state index is 5.80. The lowest BCUT2D eigenvalue weighted by Gasteiger charge is -2.32. The number of halogens is 1. The topological polar surface area (TPSA) is 38.2 Å². The largest absolute Gasteiger partial charge is 0.381 e. The summed E-state index contributed by atoms with van der Waals surface area (Å²) in [4.78, 5) is 2.26. The Morgan fingerprint density at radius 1 is 1.47 bits per heavy atom. The van der Waals surface area contributed by atoms with Crippen LogP contribution < -0.4 is 4.90 Å². The number of nitrogens with zero attached hydrogens (tertiary/aromatic N) is 3. The van der Waals surface area contributed by atoms with Gasteiger partial charge in [0.2, 0.25) is 0 Å². The van der Waals surface area contributed by atoms with Crippen molar-refractivity contribution < 1.29 is 4.74 Å². The lowest BCUT2D eigenvalue weighted by molar-refractivity contribution is 0.0819. The van der Waals surface area contributed by atoms with Crippen molar-refractivity contribution in [3.8, 4) is 0 Å². The summed E-state index contributed by atoms with van der Waals surface area (Å²) in [5.74, 6) is 0. The van der Waals surface area contributed by atoms with Gasteiger partial charge in [-0.2, -0.15) is 5.10 Å². The summed E-state index contributed by atoms with van der Waals surface area (Å²) in [6.07, 6.45) is 4.25. The molecule has 1 aliphatic rings. The van der Waals surface area contributed by atoms with Gasteiger partial charge >= 0.3 is 0 Å². The number of methoxy groups -OCH3 is 1. The molecule has 1 fully saturated rings. The summed E-state index contributed by atoms with van der Waals surface area (Å²) in [5, 5.41) is 8.02. The van der Waals surface area contributed by atoms with Crippen molar-refractivity contribution >= 4 is 17.3 Å². The number of piperidine rings is 1. The van der Waals surface area contributed by atoms with Crippen LogP contribution in [0.3, 0.4) is 0 Å². The average Bonchev–Trinajstić information content (AvgIpc) is 2.29. The van der Waals surface area contributed by atoms with E-state index in [2.05, 4.69) is 15.1 Å². The molecule has 0 amide bonds. The molecule has 0 radical (unpaired) electrons. The van der Waals surface area contributed by atoms with Gasteiger partial charge in [-0.25, -0.2) is 0 Å². The van der Waals surface area contributed by atoms with Crippen LogP contribution >= 0.6 is 11.6 Å². The molecule has 1 saturated heterocycles. The molecule has 0 spiro atoms. The fourth-order valence-corrected chi connectivity index (χ4v) is 2.01. The van der Waals surface area contributed by atoms with E-state index in [4.69, 9.17) is 16.3 Å². The predicted molar refractivity (Wildman–Crippen MR) is 59.3 cm³/mol. The van der Waals surface area contributed by atoms with Gasteiger partial charge in [0.1, 0.15) is 0 Å². The van der Waals surface area contributed by atoms with Gasteiger partial charge < -0.3 is 9.64 Å². The summed E-state index contributed by atoms with van der Waals surface area (Å²) >= 11 is 5.80. The van der Waals surface area contributed by atoms with Gasteiger partial charge in [0.25, 0.3) is 0 Å². The lowest BCUT2D eigenvalue weighted by Crippen LogP contribution is -2.36. The zero-order chi connectivity index (χ0) is 10.7. The van der Waals surface area contributed by atoms with Crippen LogP contribution in [-0.2, 0) is 4.74 Å². The highest BCUT2D eigenvalue weighted by atomic mass is 35.5. The molecule has 2 rings (SSSR count). The van der Waals surface area contributed by atoms with Crippen molar-refractivity contribution in [2.75, 3.05) is 25.1 Å². The maximum Gasteiger partial charge on any atom is 0.153 e. The van der Waals surface area contributed by atoms with Crippen molar-refractivity contribution in [3.05, 3.63) is 17.4 Å². The number of hydrogen-bond donors (Lipinski definition) is 0. The van der Waals surface area contributed by atoms with Crippen molar-refractivity contribution in [1.82, 2.24) is 10.2 Å². The third kappa shape index (κ3) is 2.58. The zero-order valence-corrected chi connectivity index (χ0v) is 9.44. The monoisotopic (exact) mass is 227 g/mol. The van der Waals surface area contributed by atoms with Gasteiger partial charge in [0, 0.05) is 26.3 Å². The number of aromatic nitrogens is 2. The molecule has 0 aliphatic carbocycles. The number of rotatable bonds is 2. The van der Waals surface area contributed by atoms with E-state index < -0.39 is 0 Å². The third-order valence-electron chi connectivity index (χ3n) is 2.75. The van der Waals surface area contributed by atoms with Crippen LogP contribution in [0.5, 0.6) is 0 Å². The summed E-state index contributed by atoms with van der Waals surface area (Å²) in [6.45, 7) is 1.97. The number of ether oxygens (including phenoxy) is 1. The Morgan fingerprint density at radius 3 is 2.80 bits per heavy atom. The van der Waals surface area contributed by atoms with E-state index in [9.17, 15) is 0 Å². The van der Waals surface area contributed by atoms with Crippen molar-refractivity contribution in [2.24, 2.45) is 0 Å². The molecule has 0 atom stereocenters. The molecule has 1 aromatic rings. The second-order valence-electron chi connectivity index (χ2n) is 3.66. The number of hydrogen-bond acceptors (Lipinski definition) is 4. The molecule has 82 valence electrons. The van der Waals surface area contributed by atoms with Crippen molar-refractivity contribution in [3.63, 3.8) is 0 Å². The quantitative estimate of drug-likeness (QED) is 0.772. The van der Waals surface area contributed by atoms with E-state index in [0.29, 0.717) is 11.3 Å². The first-order valence-corrected chi connectivity index (χ1v) is 5.43. The van der Waals surface area contributed by atoms with Crippen molar-refractivity contribution in [1.29, 1.82) is 0 Å². The van der Waals surface area contributed by atoms with Crippen LogP contribution in [0.15, 0.2) is 12.3 Å². The Kier molecular flexibility index (Phi) is 3.38. The van der Waals surface area contributed by atoms with E-state index in [1.54, 1.807) is 13.3 Å². The van der Waals surface area contributed by atoms with E-state index in [-0.39, 0.29) is 0 Å². The molecule has 2 heterocycles. The summed E-state index contributed by atoms with van der Waals surface area (Å²) in [5.41, 5.74) is 1.05. The first-order valence-electron chi connectivity index (χ1n) is 5.05. The Labute approximate surface area is 94.2 Å². The molecule has 1 aliphatic heterocycles. The molecule has 15 heavy (non-hydrogen) atoms. The summed E-state index contributed by atoms with van der Waals surface area (Å²) < 4.78 is 5.32. The van der Waals surface area contributed by atoms with Crippen LogP contribution in [0.2, 0.25) is 5.15 Å². The normalized spacial score (nSPS) is 18.1. The molecule has 0 unspecified atom stereocenters. The minimum atomic E-state index is 0.395. The van der Waals surface area contributed by atoms with Gasteiger partial charge in [-0.05, 0) is 12.8 Å². The molecule has 0 saturated carbocycles. The van der Waals surface area contributed by atoms with E-state index in [1.807, 2.05) is 6.07 Å². The summed E-state index contributed by atoms with van der Waals surface area (Å²) in [6, 6.07) is 1.85. The Hall–Kier alpha value is -0.870. The highest BCUT2D eigenvalue weighted by molar-refractivity contribution is 6.29. The minimum absolute atomic E-state index is 0.395. The number of anilines is 1. The van der Waals surface area contributed by atoms with E-state index >= 15 is 0 Å². The molecule has 0 bridgehead atoms. The lowest BCUT2D eigenvalue weighted by atomic mass is 10.1.